The van der Waals surface area contributed by atoms with E-state index in [1.807, 2.05) is 16.7 Å². The smallest absolute Gasteiger partial charge is 0.136 e. The molecule has 4 nitrogen and oxygen atoms in total. The van der Waals surface area contributed by atoms with Crippen LogP contribution in [0.25, 0.3) is 5.65 Å². The quantitative estimate of drug-likeness (QED) is 0.785. The van der Waals surface area contributed by atoms with E-state index in [-0.39, 0.29) is 0 Å². The highest BCUT2D eigenvalue weighted by molar-refractivity contribution is 5.41. The maximum absolute atomic E-state index is 11.6. The second kappa shape index (κ2) is 6.22. The molecule has 2 saturated heterocycles. The number of piperidine rings is 2. The first-order valence-electron chi connectivity index (χ1n) is 9.67. The molecular weight excluding hydrogens is 322 g/mol. The summed E-state index contributed by atoms with van der Waals surface area (Å²) in [6.45, 7) is 0.993. The zero-order chi connectivity index (χ0) is 17.6. The van der Waals surface area contributed by atoms with Crippen molar-refractivity contribution in [2.24, 2.45) is 0 Å². The molecule has 2 aliphatic rings. The van der Waals surface area contributed by atoms with Gasteiger partial charge in [0, 0.05) is 42.8 Å². The lowest BCUT2D eigenvalue weighted by Crippen LogP contribution is -2.56. The first-order valence-corrected chi connectivity index (χ1v) is 9.67. The Morgan fingerprint density at radius 1 is 1.04 bits per heavy atom. The topological polar surface area (TPSA) is 40.8 Å². The van der Waals surface area contributed by atoms with Gasteiger partial charge in [-0.1, -0.05) is 42.8 Å². The van der Waals surface area contributed by atoms with E-state index in [1.54, 1.807) is 6.20 Å². The Morgan fingerprint density at radius 2 is 1.81 bits per heavy atom. The lowest BCUT2D eigenvalue weighted by Gasteiger charge is -2.52. The number of pyridine rings is 1. The largest absolute Gasteiger partial charge is 0.385 e. The molecule has 0 aliphatic carbocycles. The second-order valence-corrected chi connectivity index (χ2v) is 7.95. The summed E-state index contributed by atoms with van der Waals surface area (Å²) in [7, 11) is 0. The van der Waals surface area contributed by atoms with Crippen LogP contribution >= 0.6 is 0 Å². The fourth-order valence-corrected chi connectivity index (χ4v) is 5.00. The molecule has 0 spiro atoms. The van der Waals surface area contributed by atoms with E-state index in [0.717, 1.165) is 30.6 Å². The van der Waals surface area contributed by atoms with Crippen molar-refractivity contribution in [3.63, 3.8) is 0 Å². The Kier molecular flexibility index (Phi) is 3.84. The number of hydrogen-bond acceptors (Lipinski definition) is 3. The number of fused-ring (bicyclic) bond motifs is 3. The molecule has 0 saturated carbocycles. The minimum Gasteiger partial charge on any atom is -0.385 e. The molecule has 1 N–H and O–H groups in total. The van der Waals surface area contributed by atoms with Crippen molar-refractivity contribution in [1.29, 1.82) is 0 Å². The molecule has 2 atom stereocenters. The standard InChI is InChI=1S/C22H25N3O/c26-22(18-9-10-21-23-11-12-24(21)16-18)13-19-7-4-8-20(14-22)25(19)15-17-5-2-1-3-6-17/h1-3,5-6,9-12,16,19-20,26H,4,7-8,13-15H2. The lowest BCUT2D eigenvalue weighted by molar-refractivity contribution is -0.100. The predicted molar refractivity (Wildman–Crippen MR) is 102 cm³/mol. The third-order valence-electron chi connectivity index (χ3n) is 6.29. The van der Waals surface area contributed by atoms with E-state index in [2.05, 4.69) is 52.5 Å². The molecule has 3 aromatic rings. The van der Waals surface area contributed by atoms with Crippen molar-refractivity contribution in [3.05, 3.63) is 72.2 Å². The molecule has 2 fully saturated rings. The van der Waals surface area contributed by atoms with Crippen LogP contribution < -0.4 is 0 Å². The van der Waals surface area contributed by atoms with Gasteiger partial charge in [-0.25, -0.2) is 4.98 Å². The van der Waals surface area contributed by atoms with Crippen LogP contribution in [0, 0.1) is 0 Å². The first-order chi connectivity index (χ1) is 12.7. The Labute approximate surface area is 154 Å². The van der Waals surface area contributed by atoms with Gasteiger partial charge in [0.1, 0.15) is 5.65 Å². The fraction of sp³-hybridized carbons (Fsp3) is 0.409. The number of nitrogens with zero attached hydrogens (tertiary/aromatic N) is 3. The highest BCUT2D eigenvalue weighted by Gasteiger charge is 2.46. The van der Waals surface area contributed by atoms with E-state index >= 15 is 0 Å². The summed E-state index contributed by atoms with van der Waals surface area (Å²) < 4.78 is 2.01. The maximum Gasteiger partial charge on any atom is 0.136 e. The highest BCUT2D eigenvalue weighted by atomic mass is 16.3. The summed E-state index contributed by atoms with van der Waals surface area (Å²) in [5.41, 5.74) is 2.59. The average molecular weight is 347 g/mol. The van der Waals surface area contributed by atoms with Gasteiger partial charge in [-0.3, -0.25) is 4.90 Å². The predicted octanol–water partition coefficient (Wildman–Crippen LogP) is 3.74. The van der Waals surface area contributed by atoms with E-state index in [9.17, 15) is 5.11 Å². The van der Waals surface area contributed by atoms with Crippen LogP contribution in [0.15, 0.2) is 61.1 Å². The van der Waals surface area contributed by atoms with Crippen molar-refractivity contribution in [2.75, 3.05) is 0 Å². The molecule has 0 radical (unpaired) electrons. The van der Waals surface area contributed by atoms with E-state index in [0.29, 0.717) is 12.1 Å². The zero-order valence-corrected chi connectivity index (χ0v) is 15.0. The van der Waals surface area contributed by atoms with Crippen molar-refractivity contribution in [2.45, 2.75) is 56.3 Å². The van der Waals surface area contributed by atoms with Gasteiger partial charge >= 0.3 is 0 Å². The Morgan fingerprint density at radius 3 is 2.58 bits per heavy atom. The second-order valence-electron chi connectivity index (χ2n) is 7.95. The molecule has 2 aromatic heterocycles. The van der Waals surface area contributed by atoms with Crippen LogP contribution in [0.3, 0.4) is 0 Å². The zero-order valence-electron chi connectivity index (χ0n) is 15.0. The van der Waals surface area contributed by atoms with Crippen LogP contribution in [0.4, 0.5) is 0 Å². The molecule has 1 aromatic carbocycles. The van der Waals surface area contributed by atoms with Crippen LogP contribution in [0.2, 0.25) is 0 Å². The third-order valence-corrected chi connectivity index (χ3v) is 6.29. The monoisotopic (exact) mass is 347 g/mol. The number of rotatable bonds is 3. The van der Waals surface area contributed by atoms with Crippen LogP contribution in [0.1, 0.15) is 43.2 Å². The van der Waals surface area contributed by atoms with E-state index < -0.39 is 5.60 Å². The van der Waals surface area contributed by atoms with E-state index in [1.165, 1.54) is 24.8 Å². The summed E-state index contributed by atoms with van der Waals surface area (Å²) >= 11 is 0. The number of aromatic nitrogens is 2. The van der Waals surface area contributed by atoms with Gasteiger partial charge in [-0.2, -0.15) is 0 Å². The van der Waals surface area contributed by atoms with Gasteiger partial charge in [0.15, 0.2) is 0 Å². The average Bonchev–Trinajstić information content (AvgIpc) is 3.11. The van der Waals surface area contributed by atoms with Gasteiger partial charge in [-0.05, 0) is 37.3 Å². The van der Waals surface area contributed by atoms with Gasteiger partial charge in [0.05, 0.1) is 5.60 Å². The molecule has 5 rings (SSSR count). The third kappa shape index (κ3) is 2.74. The Balaban J connectivity index is 1.43. The molecule has 2 bridgehead atoms. The van der Waals surface area contributed by atoms with Gasteiger partial charge in [0.25, 0.3) is 0 Å². The SMILES string of the molecule is OC1(c2ccc3nccn3c2)CC2CCCC(C1)N2Cc1ccccc1. The summed E-state index contributed by atoms with van der Waals surface area (Å²) in [6, 6.07) is 15.7. The van der Waals surface area contributed by atoms with E-state index in [4.69, 9.17) is 0 Å². The molecule has 4 heteroatoms. The summed E-state index contributed by atoms with van der Waals surface area (Å²) in [6.07, 6.45) is 11.1. The summed E-state index contributed by atoms with van der Waals surface area (Å²) in [4.78, 5) is 6.96. The Bertz CT molecular complexity index is 890. The minimum atomic E-state index is -0.735. The molecule has 2 unspecified atom stereocenters. The molecule has 2 aliphatic heterocycles. The fourth-order valence-electron chi connectivity index (χ4n) is 5.00. The van der Waals surface area contributed by atoms with Gasteiger partial charge in [0.2, 0.25) is 0 Å². The number of aliphatic hydroxyl groups is 1. The van der Waals surface area contributed by atoms with Crippen molar-refractivity contribution in [1.82, 2.24) is 14.3 Å². The number of imidazole rings is 1. The Hall–Kier alpha value is -2.17. The van der Waals surface area contributed by atoms with Crippen LogP contribution in [-0.4, -0.2) is 31.5 Å². The summed E-state index contributed by atoms with van der Waals surface area (Å²) in [5, 5.41) is 11.6. The molecule has 0 amide bonds. The van der Waals surface area contributed by atoms with Gasteiger partial charge in [-0.15, -0.1) is 0 Å². The molecule has 26 heavy (non-hydrogen) atoms. The highest BCUT2D eigenvalue weighted by Crippen LogP contribution is 2.44. The van der Waals surface area contributed by atoms with Crippen molar-refractivity contribution in [3.8, 4) is 0 Å². The summed E-state index contributed by atoms with van der Waals surface area (Å²) in [5.74, 6) is 0. The number of hydrogen-bond donors (Lipinski definition) is 1. The molecular formula is C22H25N3O. The van der Waals surface area contributed by atoms with Crippen molar-refractivity contribution >= 4 is 5.65 Å². The molecule has 4 heterocycles. The van der Waals surface area contributed by atoms with Crippen molar-refractivity contribution < 1.29 is 5.11 Å². The minimum absolute atomic E-state index is 0.450. The van der Waals surface area contributed by atoms with Crippen LogP contribution in [0.5, 0.6) is 0 Å². The molecule has 134 valence electrons. The van der Waals surface area contributed by atoms with Crippen LogP contribution in [-0.2, 0) is 12.1 Å². The lowest BCUT2D eigenvalue weighted by atomic mass is 9.72. The maximum atomic E-state index is 11.6. The first kappa shape index (κ1) is 16.0. The van der Waals surface area contributed by atoms with Gasteiger partial charge < -0.3 is 9.51 Å². The number of benzene rings is 1. The normalized spacial score (nSPS) is 29.1.